The smallest absolute Gasteiger partial charge is 0.162 e. The van der Waals surface area contributed by atoms with Gasteiger partial charge in [-0.3, -0.25) is 0 Å². The molecule has 1 aromatic carbocycles. The van der Waals surface area contributed by atoms with Crippen molar-refractivity contribution in [3.8, 4) is 17.1 Å². The Kier molecular flexibility index (Phi) is 5.43. The van der Waals surface area contributed by atoms with E-state index in [1.807, 2.05) is 38.1 Å². The van der Waals surface area contributed by atoms with E-state index in [-0.39, 0.29) is 5.92 Å². The quantitative estimate of drug-likeness (QED) is 0.694. The lowest BCUT2D eigenvalue weighted by Crippen LogP contribution is -1.99. The van der Waals surface area contributed by atoms with Gasteiger partial charge in [0.1, 0.15) is 16.1 Å². The Hall–Kier alpha value is -1.32. The maximum atomic E-state index is 6.22. The van der Waals surface area contributed by atoms with E-state index < -0.39 is 0 Å². The summed E-state index contributed by atoms with van der Waals surface area (Å²) < 4.78 is 5.55. The fraction of sp³-hybridized carbons (Fsp3) is 0.375. The lowest BCUT2D eigenvalue weighted by atomic mass is 10.1. The van der Waals surface area contributed by atoms with Crippen LogP contribution in [0.3, 0.4) is 0 Å². The van der Waals surface area contributed by atoms with Gasteiger partial charge in [0.25, 0.3) is 0 Å². The van der Waals surface area contributed by atoms with Crippen molar-refractivity contribution in [3.05, 3.63) is 40.1 Å². The van der Waals surface area contributed by atoms with Gasteiger partial charge in [-0.05, 0) is 36.6 Å². The van der Waals surface area contributed by atoms with Crippen molar-refractivity contribution in [1.82, 2.24) is 9.97 Å². The molecule has 5 heteroatoms. The molecule has 0 spiro atoms. The molecule has 3 nitrogen and oxygen atoms in total. The van der Waals surface area contributed by atoms with Gasteiger partial charge < -0.3 is 4.74 Å². The van der Waals surface area contributed by atoms with Crippen LogP contribution in [0.15, 0.2) is 24.3 Å². The number of hydrogen-bond acceptors (Lipinski definition) is 3. The average molecular weight is 325 g/mol. The molecule has 0 radical (unpaired) electrons. The van der Waals surface area contributed by atoms with Crippen molar-refractivity contribution < 1.29 is 4.74 Å². The summed E-state index contributed by atoms with van der Waals surface area (Å²) in [5.41, 5.74) is 1.64. The maximum Gasteiger partial charge on any atom is 0.162 e. The minimum absolute atomic E-state index is 0.184. The highest BCUT2D eigenvalue weighted by Gasteiger charge is 2.15. The molecule has 1 heterocycles. The van der Waals surface area contributed by atoms with Crippen LogP contribution in [0, 0.1) is 0 Å². The van der Waals surface area contributed by atoms with E-state index in [1.165, 1.54) is 0 Å². The number of nitrogens with zero attached hydrogens (tertiary/aromatic N) is 2. The number of ether oxygens (including phenoxy) is 1. The van der Waals surface area contributed by atoms with Crippen LogP contribution < -0.4 is 4.74 Å². The van der Waals surface area contributed by atoms with Gasteiger partial charge in [-0.15, -0.1) is 0 Å². The van der Waals surface area contributed by atoms with Crippen molar-refractivity contribution in [1.29, 1.82) is 0 Å². The summed E-state index contributed by atoms with van der Waals surface area (Å²) in [5.74, 6) is 1.54. The lowest BCUT2D eigenvalue weighted by molar-refractivity contribution is 0.317. The summed E-state index contributed by atoms with van der Waals surface area (Å²) in [6.45, 7) is 6.80. The van der Waals surface area contributed by atoms with E-state index in [0.29, 0.717) is 22.7 Å². The third-order valence-corrected chi connectivity index (χ3v) is 3.59. The van der Waals surface area contributed by atoms with Gasteiger partial charge in [0.05, 0.1) is 6.61 Å². The topological polar surface area (TPSA) is 35.0 Å². The van der Waals surface area contributed by atoms with Crippen molar-refractivity contribution in [2.75, 3.05) is 6.61 Å². The van der Waals surface area contributed by atoms with Gasteiger partial charge in [-0.2, -0.15) is 0 Å². The van der Waals surface area contributed by atoms with Crippen molar-refractivity contribution in [2.24, 2.45) is 0 Å². The monoisotopic (exact) mass is 324 g/mol. The van der Waals surface area contributed by atoms with E-state index in [0.717, 1.165) is 23.3 Å². The molecular weight excluding hydrogens is 307 g/mol. The minimum atomic E-state index is 0.184. The Morgan fingerprint density at radius 2 is 1.62 bits per heavy atom. The molecular formula is C16H18Cl2N2O. The summed E-state index contributed by atoms with van der Waals surface area (Å²) in [4.78, 5) is 8.69. The number of benzene rings is 1. The second-order valence-electron chi connectivity index (χ2n) is 5.07. The third-order valence-electron chi connectivity index (χ3n) is 3.02. The molecule has 0 saturated heterocycles. The van der Waals surface area contributed by atoms with E-state index in [4.69, 9.17) is 27.9 Å². The molecule has 2 aromatic rings. The zero-order chi connectivity index (χ0) is 15.4. The number of rotatable bonds is 5. The molecule has 0 atom stereocenters. The summed E-state index contributed by atoms with van der Waals surface area (Å²) in [6.07, 6.45) is 0.979. The summed E-state index contributed by atoms with van der Waals surface area (Å²) in [6, 6.07) is 7.60. The summed E-state index contributed by atoms with van der Waals surface area (Å²) in [7, 11) is 0. The first-order valence-electron chi connectivity index (χ1n) is 6.99. The average Bonchev–Trinajstić information content (AvgIpc) is 2.44. The first-order valence-corrected chi connectivity index (χ1v) is 7.74. The van der Waals surface area contributed by atoms with Gasteiger partial charge in [0, 0.05) is 11.1 Å². The SMILES string of the molecule is CCCOc1ccc(-c2nc(Cl)c(C(C)C)c(Cl)n2)cc1. The molecule has 0 aliphatic heterocycles. The largest absolute Gasteiger partial charge is 0.494 e. The zero-order valence-corrected chi connectivity index (χ0v) is 13.9. The highest BCUT2D eigenvalue weighted by Crippen LogP contribution is 2.31. The molecule has 0 aliphatic rings. The first kappa shape index (κ1) is 16.1. The van der Waals surface area contributed by atoms with E-state index in [9.17, 15) is 0 Å². The van der Waals surface area contributed by atoms with Crippen molar-refractivity contribution in [2.45, 2.75) is 33.1 Å². The van der Waals surface area contributed by atoms with E-state index in [2.05, 4.69) is 16.9 Å². The van der Waals surface area contributed by atoms with Gasteiger partial charge in [0.2, 0.25) is 0 Å². The Morgan fingerprint density at radius 3 is 2.10 bits per heavy atom. The second-order valence-corrected chi connectivity index (χ2v) is 5.79. The third kappa shape index (κ3) is 3.86. The van der Waals surface area contributed by atoms with Crippen LogP contribution in [0.25, 0.3) is 11.4 Å². The molecule has 0 unspecified atom stereocenters. The second kappa shape index (κ2) is 7.10. The fourth-order valence-corrected chi connectivity index (χ4v) is 2.77. The predicted octanol–water partition coefficient (Wildman–Crippen LogP) is 5.36. The van der Waals surface area contributed by atoms with Crippen LogP contribution in [-0.4, -0.2) is 16.6 Å². The Bertz CT molecular complexity index is 589. The molecule has 112 valence electrons. The van der Waals surface area contributed by atoms with Crippen LogP contribution in [0.2, 0.25) is 10.3 Å². The molecule has 21 heavy (non-hydrogen) atoms. The molecule has 1 aromatic heterocycles. The van der Waals surface area contributed by atoms with Gasteiger partial charge in [0.15, 0.2) is 5.82 Å². The Balaban J connectivity index is 2.30. The molecule has 2 rings (SSSR count). The van der Waals surface area contributed by atoms with Crippen LogP contribution in [0.5, 0.6) is 5.75 Å². The van der Waals surface area contributed by atoms with E-state index >= 15 is 0 Å². The fourth-order valence-electron chi connectivity index (χ4n) is 1.94. The van der Waals surface area contributed by atoms with Crippen molar-refractivity contribution in [3.63, 3.8) is 0 Å². The lowest BCUT2D eigenvalue weighted by Gasteiger charge is -2.11. The molecule has 0 bridgehead atoms. The molecule has 0 amide bonds. The van der Waals surface area contributed by atoms with Gasteiger partial charge in [-0.1, -0.05) is 44.0 Å². The summed E-state index contributed by atoms with van der Waals surface area (Å²) >= 11 is 12.4. The standard InChI is InChI=1S/C16H18Cl2N2O/c1-4-9-21-12-7-5-11(6-8-12)16-19-14(17)13(10(2)3)15(18)20-16/h5-8,10H,4,9H2,1-3H3. The van der Waals surface area contributed by atoms with Crippen LogP contribution in [0.1, 0.15) is 38.7 Å². The predicted molar refractivity (Wildman–Crippen MR) is 87.4 cm³/mol. The highest BCUT2D eigenvalue weighted by molar-refractivity contribution is 6.34. The summed E-state index contributed by atoms with van der Waals surface area (Å²) in [5, 5.41) is 0.817. The van der Waals surface area contributed by atoms with Crippen LogP contribution in [0.4, 0.5) is 0 Å². The van der Waals surface area contributed by atoms with E-state index in [1.54, 1.807) is 0 Å². The first-order chi connectivity index (χ1) is 10.0. The molecule has 0 aliphatic carbocycles. The maximum absolute atomic E-state index is 6.22. The number of halogens is 2. The Labute approximate surface area is 135 Å². The molecule has 0 N–H and O–H groups in total. The van der Waals surface area contributed by atoms with Crippen LogP contribution >= 0.6 is 23.2 Å². The molecule has 0 saturated carbocycles. The number of hydrogen-bond donors (Lipinski definition) is 0. The normalized spacial score (nSPS) is 11.0. The van der Waals surface area contributed by atoms with Crippen LogP contribution in [-0.2, 0) is 0 Å². The number of aromatic nitrogens is 2. The van der Waals surface area contributed by atoms with Gasteiger partial charge in [-0.25, -0.2) is 9.97 Å². The van der Waals surface area contributed by atoms with Gasteiger partial charge >= 0.3 is 0 Å². The highest BCUT2D eigenvalue weighted by atomic mass is 35.5. The zero-order valence-electron chi connectivity index (χ0n) is 12.4. The molecule has 0 fully saturated rings. The minimum Gasteiger partial charge on any atom is -0.494 e. The Morgan fingerprint density at radius 1 is 1.05 bits per heavy atom. The van der Waals surface area contributed by atoms with Crippen molar-refractivity contribution >= 4 is 23.2 Å².